The number of pyridine rings is 1. The first-order valence-electron chi connectivity index (χ1n) is 6.19. The van der Waals surface area contributed by atoms with Crippen LogP contribution in [0.1, 0.15) is 18.4 Å². The molecule has 1 fully saturated rings. The monoisotopic (exact) mass is 297 g/mol. The molecule has 2 heterocycles. The molecule has 4 heteroatoms. The SMILES string of the molecule is Cc1cc(NCC2CCN(C)CC2)ncc1Br. The minimum Gasteiger partial charge on any atom is -0.370 e. The van der Waals surface area contributed by atoms with E-state index in [1.54, 1.807) is 0 Å². The molecule has 3 nitrogen and oxygen atoms in total. The van der Waals surface area contributed by atoms with E-state index in [0.29, 0.717) is 0 Å². The highest BCUT2D eigenvalue weighted by Crippen LogP contribution is 2.19. The van der Waals surface area contributed by atoms with E-state index < -0.39 is 0 Å². The molecule has 1 N–H and O–H groups in total. The van der Waals surface area contributed by atoms with Gasteiger partial charge in [0.15, 0.2) is 0 Å². The van der Waals surface area contributed by atoms with Crippen LogP contribution in [0.4, 0.5) is 5.82 Å². The number of piperidine rings is 1. The number of halogens is 1. The minimum absolute atomic E-state index is 0.789. The Morgan fingerprint density at radius 2 is 2.18 bits per heavy atom. The summed E-state index contributed by atoms with van der Waals surface area (Å²) in [7, 11) is 2.20. The lowest BCUT2D eigenvalue weighted by Crippen LogP contribution is -2.33. The van der Waals surface area contributed by atoms with Gasteiger partial charge in [0.2, 0.25) is 0 Å². The zero-order valence-corrected chi connectivity index (χ0v) is 12.1. The molecule has 0 aromatic carbocycles. The highest BCUT2D eigenvalue weighted by atomic mass is 79.9. The predicted molar refractivity (Wildman–Crippen MR) is 75.4 cm³/mol. The van der Waals surface area contributed by atoms with Crippen molar-refractivity contribution in [2.75, 3.05) is 32.0 Å². The number of likely N-dealkylation sites (tertiary alicyclic amines) is 1. The highest BCUT2D eigenvalue weighted by Gasteiger charge is 2.16. The van der Waals surface area contributed by atoms with Gasteiger partial charge in [0, 0.05) is 17.2 Å². The number of hydrogen-bond donors (Lipinski definition) is 1. The van der Waals surface area contributed by atoms with Crippen molar-refractivity contribution >= 4 is 21.7 Å². The first-order chi connectivity index (χ1) is 8.15. The second kappa shape index (κ2) is 5.83. The minimum atomic E-state index is 0.789. The number of rotatable bonds is 3. The van der Waals surface area contributed by atoms with Crippen molar-refractivity contribution in [2.24, 2.45) is 5.92 Å². The van der Waals surface area contributed by atoms with Gasteiger partial charge in [0.05, 0.1) is 0 Å². The fourth-order valence-corrected chi connectivity index (χ4v) is 2.37. The lowest BCUT2D eigenvalue weighted by molar-refractivity contribution is 0.226. The lowest BCUT2D eigenvalue weighted by Gasteiger charge is -2.29. The maximum absolute atomic E-state index is 4.37. The van der Waals surface area contributed by atoms with Crippen LogP contribution in [0.25, 0.3) is 0 Å². The summed E-state index contributed by atoms with van der Waals surface area (Å²) in [5.74, 6) is 1.78. The second-order valence-electron chi connectivity index (χ2n) is 4.95. The fraction of sp³-hybridized carbons (Fsp3) is 0.615. The quantitative estimate of drug-likeness (QED) is 0.930. The molecule has 1 aliphatic rings. The molecule has 0 amide bonds. The van der Waals surface area contributed by atoms with E-state index in [0.717, 1.165) is 22.8 Å². The van der Waals surface area contributed by atoms with Gasteiger partial charge < -0.3 is 10.2 Å². The Morgan fingerprint density at radius 1 is 1.47 bits per heavy atom. The van der Waals surface area contributed by atoms with Crippen LogP contribution in [0, 0.1) is 12.8 Å². The molecule has 1 aromatic rings. The molecule has 1 saturated heterocycles. The number of nitrogens with one attached hydrogen (secondary N) is 1. The Kier molecular flexibility index (Phi) is 4.40. The second-order valence-corrected chi connectivity index (χ2v) is 5.80. The zero-order chi connectivity index (χ0) is 12.3. The topological polar surface area (TPSA) is 28.2 Å². The van der Waals surface area contributed by atoms with Crippen LogP contribution in [0.15, 0.2) is 16.7 Å². The van der Waals surface area contributed by atoms with E-state index in [-0.39, 0.29) is 0 Å². The molecule has 94 valence electrons. The molecule has 0 aliphatic carbocycles. The highest BCUT2D eigenvalue weighted by molar-refractivity contribution is 9.10. The summed E-state index contributed by atoms with van der Waals surface area (Å²) in [6.07, 6.45) is 4.45. The van der Waals surface area contributed by atoms with Gasteiger partial charge in [0.1, 0.15) is 5.82 Å². The van der Waals surface area contributed by atoms with E-state index in [1.165, 1.54) is 31.5 Å². The van der Waals surface area contributed by atoms with Crippen LogP contribution in [-0.2, 0) is 0 Å². The van der Waals surface area contributed by atoms with Crippen molar-refractivity contribution in [3.63, 3.8) is 0 Å². The van der Waals surface area contributed by atoms with E-state index >= 15 is 0 Å². The molecule has 1 aliphatic heterocycles. The van der Waals surface area contributed by atoms with Crippen molar-refractivity contribution in [2.45, 2.75) is 19.8 Å². The Morgan fingerprint density at radius 3 is 2.82 bits per heavy atom. The van der Waals surface area contributed by atoms with Gasteiger partial charge in [-0.25, -0.2) is 4.98 Å². The predicted octanol–water partition coefficient (Wildman–Crippen LogP) is 2.91. The van der Waals surface area contributed by atoms with E-state index in [2.05, 4.69) is 51.2 Å². The molecule has 0 unspecified atom stereocenters. The van der Waals surface area contributed by atoms with Gasteiger partial charge in [0.25, 0.3) is 0 Å². The van der Waals surface area contributed by atoms with Crippen LogP contribution >= 0.6 is 15.9 Å². The average molecular weight is 298 g/mol. The Labute approximate surface area is 112 Å². The molecule has 0 atom stereocenters. The van der Waals surface area contributed by atoms with Crippen molar-refractivity contribution in [3.8, 4) is 0 Å². The largest absolute Gasteiger partial charge is 0.370 e. The summed E-state index contributed by atoms with van der Waals surface area (Å²) in [4.78, 5) is 6.77. The molecular formula is C13H20BrN3. The first kappa shape index (κ1) is 12.8. The summed E-state index contributed by atoms with van der Waals surface area (Å²) in [6.45, 7) is 5.58. The number of aromatic nitrogens is 1. The van der Waals surface area contributed by atoms with Crippen molar-refractivity contribution < 1.29 is 0 Å². The number of aryl methyl sites for hydroxylation is 1. The first-order valence-corrected chi connectivity index (χ1v) is 6.99. The van der Waals surface area contributed by atoms with Crippen molar-refractivity contribution in [3.05, 3.63) is 22.3 Å². The normalized spacial score (nSPS) is 18.3. The van der Waals surface area contributed by atoms with Gasteiger partial charge in [-0.05, 0) is 73.4 Å². The van der Waals surface area contributed by atoms with Gasteiger partial charge >= 0.3 is 0 Å². The average Bonchev–Trinajstić information content (AvgIpc) is 2.33. The van der Waals surface area contributed by atoms with Crippen LogP contribution in [0.5, 0.6) is 0 Å². The van der Waals surface area contributed by atoms with E-state index in [1.807, 2.05) is 6.20 Å². The molecule has 0 bridgehead atoms. The molecule has 17 heavy (non-hydrogen) atoms. The molecule has 2 rings (SSSR count). The lowest BCUT2D eigenvalue weighted by atomic mass is 9.97. The summed E-state index contributed by atoms with van der Waals surface area (Å²) < 4.78 is 1.07. The summed E-state index contributed by atoms with van der Waals surface area (Å²) in [6, 6.07) is 2.10. The fourth-order valence-electron chi connectivity index (χ4n) is 2.15. The van der Waals surface area contributed by atoms with Crippen molar-refractivity contribution in [1.82, 2.24) is 9.88 Å². The molecular weight excluding hydrogens is 278 g/mol. The molecule has 1 aromatic heterocycles. The summed E-state index contributed by atoms with van der Waals surface area (Å²) in [5.41, 5.74) is 1.23. The number of anilines is 1. The summed E-state index contributed by atoms with van der Waals surface area (Å²) >= 11 is 3.47. The zero-order valence-electron chi connectivity index (χ0n) is 10.5. The molecule has 0 radical (unpaired) electrons. The third-order valence-corrected chi connectivity index (χ3v) is 4.29. The maximum Gasteiger partial charge on any atom is 0.126 e. The molecule has 0 saturated carbocycles. The number of nitrogens with zero attached hydrogens (tertiary/aromatic N) is 2. The van der Waals surface area contributed by atoms with Crippen LogP contribution in [0.2, 0.25) is 0 Å². The Hall–Kier alpha value is -0.610. The van der Waals surface area contributed by atoms with E-state index in [9.17, 15) is 0 Å². The van der Waals surface area contributed by atoms with Crippen LogP contribution in [-0.4, -0.2) is 36.6 Å². The maximum atomic E-state index is 4.37. The molecule has 0 spiro atoms. The Balaban J connectivity index is 1.83. The summed E-state index contributed by atoms with van der Waals surface area (Å²) in [5, 5.41) is 3.45. The van der Waals surface area contributed by atoms with Crippen LogP contribution < -0.4 is 5.32 Å². The van der Waals surface area contributed by atoms with Crippen molar-refractivity contribution in [1.29, 1.82) is 0 Å². The van der Waals surface area contributed by atoms with Gasteiger partial charge in [-0.2, -0.15) is 0 Å². The Bertz CT molecular complexity index is 373. The van der Waals surface area contributed by atoms with Gasteiger partial charge in [-0.1, -0.05) is 0 Å². The smallest absolute Gasteiger partial charge is 0.126 e. The third kappa shape index (κ3) is 3.68. The van der Waals surface area contributed by atoms with E-state index in [4.69, 9.17) is 0 Å². The van der Waals surface area contributed by atoms with Crippen LogP contribution in [0.3, 0.4) is 0 Å². The number of hydrogen-bond acceptors (Lipinski definition) is 3. The van der Waals surface area contributed by atoms with Gasteiger partial charge in [-0.15, -0.1) is 0 Å². The third-order valence-electron chi connectivity index (χ3n) is 3.46. The van der Waals surface area contributed by atoms with Gasteiger partial charge in [-0.3, -0.25) is 0 Å². The standard InChI is InChI=1S/C13H20BrN3/c1-10-7-13(16-9-12(10)14)15-8-11-3-5-17(2)6-4-11/h7,9,11H,3-6,8H2,1-2H3,(H,15,16).